The molecule has 1 atom stereocenters. The topological polar surface area (TPSA) is 75.3 Å². The van der Waals surface area contributed by atoms with Gasteiger partial charge in [0.25, 0.3) is 5.91 Å². The largest absolute Gasteiger partial charge is 0.399 e. The minimum Gasteiger partial charge on any atom is -0.399 e. The highest BCUT2D eigenvalue weighted by atomic mass is 16.3. The molecule has 0 saturated carbocycles. The second-order valence-corrected chi connectivity index (χ2v) is 4.58. The highest BCUT2D eigenvalue weighted by molar-refractivity contribution is 5.95. The molecule has 4 nitrogen and oxygen atoms in total. The second-order valence-electron chi connectivity index (χ2n) is 4.58. The van der Waals surface area contributed by atoms with Crippen molar-refractivity contribution in [2.75, 3.05) is 12.3 Å². The van der Waals surface area contributed by atoms with E-state index in [0.717, 1.165) is 5.56 Å². The SMILES string of the molecule is Cc1cc(C(=O)N[C@H](CO)C(C)C)ccc1N. The van der Waals surface area contributed by atoms with Crippen LogP contribution >= 0.6 is 0 Å². The lowest BCUT2D eigenvalue weighted by atomic mass is 10.0. The molecular formula is C13H20N2O2. The van der Waals surface area contributed by atoms with Crippen molar-refractivity contribution in [1.82, 2.24) is 5.32 Å². The van der Waals surface area contributed by atoms with Crippen LogP contribution in [0.15, 0.2) is 18.2 Å². The third kappa shape index (κ3) is 3.46. The van der Waals surface area contributed by atoms with E-state index in [9.17, 15) is 4.79 Å². The summed E-state index contributed by atoms with van der Waals surface area (Å²) in [6, 6.07) is 4.93. The molecule has 0 unspecified atom stereocenters. The number of rotatable bonds is 4. The van der Waals surface area contributed by atoms with Gasteiger partial charge in [-0.25, -0.2) is 0 Å². The van der Waals surface area contributed by atoms with Crippen LogP contribution < -0.4 is 11.1 Å². The van der Waals surface area contributed by atoms with E-state index in [4.69, 9.17) is 10.8 Å². The third-order valence-electron chi connectivity index (χ3n) is 2.85. The fourth-order valence-electron chi connectivity index (χ4n) is 1.49. The fourth-order valence-corrected chi connectivity index (χ4v) is 1.49. The molecular weight excluding hydrogens is 216 g/mol. The Labute approximate surface area is 102 Å². The Morgan fingerprint density at radius 2 is 2.12 bits per heavy atom. The number of amides is 1. The molecule has 0 saturated heterocycles. The third-order valence-corrected chi connectivity index (χ3v) is 2.85. The van der Waals surface area contributed by atoms with E-state index >= 15 is 0 Å². The second kappa shape index (κ2) is 5.68. The lowest BCUT2D eigenvalue weighted by molar-refractivity contribution is 0.0897. The Morgan fingerprint density at radius 1 is 1.47 bits per heavy atom. The molecule has 1 aromatic rings. The van der Waals surface area contributed by atoms with Crippen LogP contribution in [0.25, 0.3) is 0 Å². The molecule has 0 aromatic heterocycles. The van der Waals surface area contributed by atoms with Crippen molar-refractivity contribution in [1.29, 1.82) is 0 Å². The molecule has 0 aliphatic carbocycles. The molecule has 17 heavy (non-hydrogen) atoms. The molecule has 0 fully saturated rings. The van der Waals surface area contributed by atoms with Crippen LogP contribution in [0.2, 0.25) is 0 Å². The van der Waals surface area contributed by atoms with E-state index in [2.05, 4.69) is 5.32 Å². The molecule has 0 heterocycles. The van der Waals surface area contributed by atoms with Gasteiger partial charge < -0.3 is 16.2 Å². The van der Waals surface area contributed by atoms with Gasteiger partial charge in [0.05, 0.1) is 12.6 Å². The lowest BCUT2D eigenvalue weighted by Crippen LogP contribution is -2.41. The zero-order valence-electron chi connectivity index (χ0n) is 10.5. The van der Waals surface area contributed by atoms with Gasteiger partial charge >= 0.3 is 0 Å². The highest BCUT2D eigenvalue weighted by Crippen LogP contribution is 2.13. The predicted molar refractivity (Wildman–Crippen MR) is 68.8 cm³/mol. The van der Waals surface area contributed by atoms with Gasteiger partial charge in [-0.1, -0.05) is 13.8 Å². The molecule has 0 spiro atoms. The molecule has 0 radical (unpaired) electrons. The number of aliphatic hydroxyl groups excluding tert-OH is 1. The zero-order chi connectivity index (χ0) is 13.0. The number of nitrogens with two attached hydrogens (primary N) is 1. The molecule has 4 N–H and O–H groups in total. The number of nitrogens with one attached hydrogen (secondary N) is 1. The molecule has 0 aliphatic rings. The minimum absolute atomic E-state index is 0.0582. The van der Waals surface area contributed by atoms with Crippen molar-refractivity contribution in [3.63, 3.8) is 0 Å². The van der Waals surface area contributed by atoms with Crippen molar-refractivity contribution in [2.24, 2.45) is 5.92 Å². The first-order valence-electron chi connectivity index (χ1n) is 5.73. The maximum absolute atomic E-state index is 11.9. The first kappa shape index (κ1) is 13.5. The monoisotopic (exact) mass is 236 g/mol. The summed E-state index contributed by atoms with van der Waals surface area (Å²) >= 11 is 0. The summed E-state index contributed by atoms with van der Waals surface area (Å²) in [5.74, 6) is 0.0136. The van der Waals surface area contributed by atoms with Gasteiger partial charge in [0.2, 0.25) is 0 Å². The normalized spacial score (nSPS) is 12.5. The van der Waals surface area contributed by atoms with E-state index in [1.807, 2.05) is 20.8 Å². The van der Waals surface area contributed by atoms with Crippen LogP contribution in [0.5, 0.6) is 0 Å². The quantitative estimate of drug-likeness (QED) is 0.690. The smallest absolute Gasteiger partial charge is 0.251 e. The summed E-state index contributed by atoms with van der Waals surface area (Å²) < 4.78 is 0. The van der Waals surface area contributed by atoms with Gasteiger partial charge in [-0.2, -0.15) is 0 Å². The minimum atomic E-state index is -0.222. The summed E-state index contributed by atoms with van der Waals surface area (Å²) in [5, 5.41) is 12.0. The van der Waals surface area contributed by atoms with E-state index < -0.39 is 0 Å². The lowest BCUT2D eigenvalue weighted by Gasteiger charge is -2.20. The van der Waals surface area contributed by atoms with Crippen LogP contribution in [0.1, 0.15) is 29.8 Å². The number of hydrogen-bond donors (Lipinski definition) is 3. The number of anilines is 1. The Kier molecular flexibility index (Phi) is 4.52. The summed E-state index contributed by atoms with van der Waals surface area (Å²) in [5.41, 5.74) is 7.81. The van der Waals surface area contributed by atoms with Crippen molar-refractivity contribution in [3.8, 4) is 0 Å². The Hall–Kier alpha value is -1.55. The zero-order valence-corrected chi connectivity index (χ0v) is 10.5. The number of carbonyl (C=O) groups is 1. The van der Waals surface area contributed by atoms with Crippen LogP contribution in [0, 0.1) is 12.8 Å². The molecule has 0 bridgehead atoms. The van der Waals surface area contributed by atoms with Crippen LogP contribution in [0.4, 0.5) is 5.69 Å². The van der Waals surface area contributed by atoms with Crippen LogP contribution in [0.3, 0.4) is 0 Å². The molecule has 1 rings (SSSR count). The number of benzene rings is 1. The van der Waals surface area contributed by atoms with E-state index in [1.54, 1.807) is 18.2 Å². The van der Waals surface area contributed by atoms with Crippen molar-refractivity contribution < 1.29 is 9.90 Å². The first-order valence-corrected chi connectivity index (χ1v) is 5.73. The van der Waals surface area contributed by atoms with Crippen molar-refractivity contribution in [3.05, 3.63) is 29.3 Å². The van der Waals surface area contributed by atoms with Crippen molar-refractivity contribution >= 4 is 11.6 Å². The Bertz CT molecular complexity index is 402. The molecule has 4 heteroatoms. The van der Waals surface area contributed by atoms with E-state index in [-0.39, 0.29) is 24.5 Å². The number of aryl methyl sites for hydroxylation is 1. The number of aliphatic hydroxyl groups is 1. The van der Waals surface area contributed by atoms with Gasteiger partial charge in [-0.3, -0.25) is 4.79 Å². The number of hydrogen-bond acceptors (Lipinski definition) is 3. The van der Waals surface area contributed by atoms with E-state index in [1.165, 1.54) is 0 Å². The molecule has 1 amide bonds. The van der Waals surface area contributed by atoms with Gasteiger partial charge in [0.1, 0.15) is 0 Å². The van der Waals surface area contributed by atoms with Gasteiger partial charge in [-0.15, -0.1) is 0 Å². The van der Waals surface area contributed by atoms with Crippen LogP contribution in [-0.2, 0) is 0 Å². The molecule has 0 aliphatic heterocycles. The molecule has 94 valence electrons. The standard InChI is InChI=1S/C13H20N2O2/c1-8(2)12(7-16)15-13(17)10-4-5-11(14)9(3)6-10/h4-6,8,12,16H,7,14H2,1-3H3,(H,15,17)/t12-/m1/s1. The summed E-state index contributed by atoms with van der Waals surface area (Å²) in [6.45, 7) is 5.71. The predicted octanol–water partition coefficient (Wildman–Crippen LogP) is 1.32. The first-order chi connectivity index (χ1) is 7.95. The highest BCUT2D eigenvalue weighted by Gasteiger charge is 2.16. The fraction of sp³-hybridized carbons (Fsp3) is 0.462. The summed E-state index contributed by atoms with van der Waals surface area (Å²) in [6.07, 6.45) is 0. The Morgan fingerprint density at radius 3 is 2.59 bits per heavy atom. The molecule has 1 aromatic carbocycles. The average Bonchev–Trinajstić information content (AvgIpc) is 2.28. The summed E-state index contributed by atoms with van der Waals surface area (Å²) in [7, 11) is 0. The number of nitrogen functional groups attached to an aromatic ring is 1. The van der Waals surface area contributed by atoms with Gasteiger partial charge in [0, 0.05) is 11.3 Å². The summed E-state index contributed by atoms with van der Waals surface area (Å²) in [4.78, 5) is 11.9. The number of carbonyl (C=O) groups excluding carboxylic acids is 1. The van der Waals surface area contributed by atoms with Gasteiger partial charge in [-0.05, 0) is 36.6 Å². The Balaban J connectivity index is 2.79. The van der Waals surface area contributed by atoms with E-state index in [0.29, 0.717) is 11.3 Å². The maximum Gasteiger partial charge on any atom is 0.251 e. The van der Waals surface area contributed by atoms with Gasteiger partial charge in [0.15, 0.2) is 0 Å². The average molecular weight is 236 g/mol. The van der Waals surface area contributed by atoms with Crippen LogP contribution in [-0.4, -0.2) is 23.7 Å². The maximum atomic E-state index is 11.9. The van der Waals surface area contributed by atoms with Crippen molar-refractivity contribution in [2.45, 2.75) is 26.8 Å².